The minimum absolute atomic E-state index is 0.390. The normalized spacial score (nSPS) is 12.6. The number of halogens is 1. The van der Waals surface area contributed by atoms with Crippen LogP contribution in [0.2, 0.25) is 5.15 Å². The largest absolute Gasteiger partial charge is 0.480 e. The van der Waals surface area contributed by atoms with Crippen molar-refractivity contribution in [3.05, 3.63) is 22.5 Å². The van der Waals surface area contributed by atoms with E-state index >= 15 is 0 Å². The molecule has 0 aromatic carbocycles. The van der Waals surface area contributed by atoms with E-state index in [1.807, 2.05) is 6.92 Å². The van der Waals surface area contributed by atoms with Crippen LogP contribution in [-0.2, 0) is 16.6 Å². The van der Waals surface area contributed by atoms with Gasteiger partial charge in [0.05, 0.1) is 5.69 Å². The van der Waals surface area contributed by atoms with Crippen LogP contribution in [0.3, 0.4) is 0 Å². The molecule has 0 radical (unpaired) electrons. The number of nitrogens with one attached hydrogen (secondary N) is 1. The van der Waals surface area contributed by atoms with Gasteiger partial charge in [-0.05, 0) is 19.4 Å². The second-order valence-electron chi connectivity index (χ2n) is 4.43. The number of amides is 1. The molecule has 0 fully saturated rings. The quantitative estimate of drug-likeness (QED) is 0.784. The summed E-state index contributed by atoms with van der Waals surface area (Å²) in [5.74, 6) is -1.51. The number of hydrogen-bond donors (Lipinski definition) is 2. The summed E-state index contributed by atoms with van der Waals surface area (Å²) in [5.41, 5.74) is 1.34. The maximum absolute atomic E-state index is 11.7. The Morgan fingerprint density at radius 1 is 1.55 bits per heavy atom. The van der Waals surface area contributed by atoms with E-state index < -0.39 is 17.9 Å². The molecule has 0 bridgehead atoms. The van der Waals surface area contributed by atoms with Gasteiger partial charge in [-0.15, -0.1) is 0 Å². The van der Waals surface area contributed by atoms with E-state index in [0.29, 0.717) is 29.3 Å². The van der Waals surface area contributed by atoms with Gasteiger partial charge in [-0.25, -0.2) is 4.79 Å². The number of aryl methyl sites for hydroxylation is 2. The third kappa shape index (κ3) is 4.09. The lowest BCUT2D eigenvalue weighted by Gasteiger charge is -2.11. The zero-order chi connectivity index (χ0) is 15.3. The van der Waals surface area contributed by atoms with E-state index in [2.05, 4.69) is 10.4 Å². The number of carbonyl (C=O) groups excluding carboxylic acids is 1. The fourth-order valence-corrected chi connectivity index (χ4v) is 2.00. The molecular formula is C13H18ClN3O3. The number of aliphatic carboxylic acids is 1. The standard InChI is InChI=1S/C13H18ClN3O3/c1-4-5-10(13(19)20)15-11(18)7-6-9-8(2)16-17(3)12(9)14/h6-7,10H,4-5H2,1-3H3,(H,15,18)(H,19,20)/b7-6+/t10-/m0/s1. The Morgan fingerprint density at radius 2 is 2.20 bits per heavy atom. The Bertz CT molecular complexity index is 537. The highest BCUT2D eigenvalue weighted by atomic mass is 35.5. The zero-order valence-electron chi connectivity index (χ0n) is 11.7. The molecule has 1 aromatic rings. The van der Waals surface area contributed by atoms with Crippen LogP contribution in [0, 0.1) is 6.92 Å². The molecule has 6 nitrogen and oxygen atoms in total. The summed E-state index contributed by atoms with van der Waals surface area (Å²) in [7, 11) is 1.70. The molecular weight excluding hydrogens is 282 g/mol. The molecule has 7 heteroatoms. The Morgan fingerprint density at radius 3 is 2.65 bits per heavy atom. The lowest BCUT2D eigenvalue weighted by Crippen LogP contribution is -2.39. The highest BCUT2D eigenvalue weighted by Crippen LogP contribution is 2.19. The van der Waals surface area contributed by atoms with E-state index in [1.165, 1.54) is 16.8 Å². The van der Waals surface area contributed by atoms with Gasteiger partial charge in [0.1, 0.15) is 11.2 Å². The molecule has 0 unspecified atom stereocenters. The van der Waals surface area contributed by atoms with Crippen LogP contribution in [0.5, 0.6) is 0 Å². The average molecular weight is 300 g/mol. The molecule has 1 aromatic heterocycles. The van der Waals surface area contributed by atoms with Crippen molar-refractivity contribution in [1.29, 1.82) is 0 Å². The molecule has 20 heavy (non-hydrogen) atoms. The number of aromatic nitrogens is 2. The second-order valence-corrected chi connectivity index (χ2v) is 4.79. The lowest BCUT2D eigenvalue weighted by atomic mass is 10.1. The van der Waals surface area contributed by atoms with Gasteiger partial charge >= 0.3 is 5.97 Å². The van der Waals surface area contributed by atoms with Gasteiger partial charge in [-0.2, -0.15) is 5.10 Å². The average Bonchev–Trinajstić information content (AvgIpc) is 2.60. The van der Waals surface area contributed by atoms with Gasteiger partial charge in [0, 0.05) is 18.7 Å². The van der Waals surface area contributed by atoms with Gasteiger partial charge in [-0.3, -0.25) is 9.48 Å². The summed E-state index contributed by atoms with van der Waals surface area (Å²) < 4.78 is 1.51. The van der Waals surface area contributed by atoms with Gasteiger partial charge in [-0.1, -0.05) is 24.9 Å². The van der Waals surface area contributed by atoms with Crippen molar-refractivity contribution >= 4 is 29.6 Å². The molecule has 0 saturated carbocycles. The van der Waals surface area contributed by atoms with Crippen LogP contribution in [0.1, 0.15) is 31.0 Å². The fourth-order valence-electron chi connectivity index (χ4n) is 1.76. The molecule has 2 N–H and O–H groups in total. The van der Waals surface area contributed by atoms with Gasteiger partial charge in [0.2, 0.25) is 5.91 Å². The van der Waals surface area contributed by atoms with Crippen molar-refractivity contribution in [3.63, 3.8) is 0 Å². The molecule has 0 aliphatic carbocycles. The van der Waals surface area contributed by atoms with Crippen molar-refractivity contribution in [2.24, 2.45) is 7.05 Å². The molecule has 1 amide bonds. The minimum Gasteiger partial charge on any atom is -0.480 e. The third-order valence-corrected chi connectivity index (χ3v) is 3.24. The van der Waals surface area contributed by atoms with E-state index in [9.17, 15) is 9.59 Å². The molecule has 0 saturated heterocycles. The Kier molecular flexibility index (Phi) is 5.76. The van der Waals surface area contributed by atoms with E-state index in [0.717, 1.165) is 0 Å². The minimum atomic E-state index is -1.04. The maximum atomic E-state index is 11.7. The zero-order valence-corrected chi connectivity index (χ0v) is 12.4. The molecule has 0 spiro atoms. The molecule has 1 rings (SSSR count). The first-order valence-corrected chi connectivity index (χ1v) is 6.65. The van der Waals surface area contributed by atoms with Gasteiger partial charge in [0.15, 0.2) is 0 Å². The summed E-state index contributed by atoms with van der Waals surface area (Å²) in [5, 5.41) is 15.9. The molecule has 0 aliphatic rings. The van der Waals surface area contributed by atoms with E-state index in [1.54, 1.807) is 14.0 Å². The van der Waals surface area contributed by atoms with Crippen LogP contribution in [0.15, 0.2) is 6.08 Å². The van der Waals surface area contributed by atoms with Gasteiger partial charge in [0.25, 0.3) is 0 Å². The summed E-state index contributed by atoms with van der Waals surface area (Å²) >= 11 is 6.03. The fraction of sp³-hybridized carbons (Fsp3) is 0.462. The predicted octanol–water partition coefficient (Wildman–Crippen LogP) is 1.76. The first-order chi connectivity index (χ1) is 9.36. The van der Waals surface area contributed by atoms with Crippen LogP contribution >= 0.6 is 11.6 Å². The van der Waals surface area contributed by atoms with E-state index in [-0.39, 0.29) is 0 Å². The van der Waals surface area contributed by atoms with Crippen molar-refractivity contribution < 1.29 is 14.7 Å². The maximum Gasteiger partial charge on any atom is 0.326 e. The van der Waals surface area contributed by atoms with Crippen LogP contribution in [0.4, 0.5) is 0 Å². The monoisotopic (exact) mass is 299 g/mol. The topological polar surface area (TPSA) is 84.2 Å². The Hall–Kier alpha value is -1.82. The molecule has 0 aliphatic heterocycles. The number of nitrogens with zero attached hydrogens (tertiary/aromatic N) is 2. The number of carbonyl (C=O) groups is 2. The highest BCUT2D eigenvalue weighted by Gasteiger charge is 2.17. The predicted molar refractivity (Wildman–Crippen MR) is 76.5 cm³/mol. The lowest BCUT2D eigenvalue weighted by molar-refractivity contribution is -0.141. The summed E-state index contributed by atoms with van der Waals surface area (Å²) in [6, 6.07) is -0.873. The summed E-state index contributed by atoms with van der Waals surface area (Å²) in [4.78, 5) is 22.6. The van der Waals surface area contributed by atoms with Crippen molar-refractivity contribution in [1.82, 2.24) is 15.1 Å². The number of carboxylic acids is 1. The molecule has 1 heterocycles. The van der Waals surface area contributed by atoms with Crippen molar-refractivity contribution in [2.45, 2.75) is 32.7 Å². The van der Waals surface area contributed by atoms with Crippen LogP contribution < -0.4 is 5.32 Å². The smallest absolute Gasteiger partial charge is 0.326 e. The van der Waals surface area contributed by atoms with Crippen LogP contribution in [0.25, 0.3) is 6.08 Å². The summed E-state index contributed by atoms with van der Waals surface area (Å²) in [6.45, 7) is 3.64. The van der Waals surface area contributed by atoms with Crippen LogP contribution in [-0.4, -0.2) is 32.8 Å². The molecule has 1 atom stereocenters. The number of rotatable bonds is 6. The number of carboxylic acid groups (broad SMARTS) is 1. The van der Waals surface area contributed by atoms with Gasteiger partial charge < -0.3 is 10.4 Å². The Labute approximate surface area is 122 Å². The third-order valence-electron chi connectivity index (χ3n) is 2.79. The van der Waals surface area contributed by atoms with Crippen molar-refractivity contribution in [2.75, 3.05) is 0 Å². The SMILES string of the molecule is CCC[C@H](NC(=O)/C=C/c1c(C)nn(C)c1Cl)C(=O)O. The number of hydrogen-bond acceptors (Lipinski definition) is 3. The molecule has 110 valence electrons. The van der Waals surface area contributed by atoms with E-state index in [4.69, 9.17) is 16.7 Å². The first-order valence-electron chi connectivity index (χ1n) is 6.27. The second kappa shape index (κ2) is 7.09. The summed E-state index contributed by atoms with van der Waals surface area (Å²) in [6.07, 6.45) is 3.86. The highest BCUT2D eigenvalue weighted by molar-refractivity contribution is 6.31. The van der Waals surface area contributed by atoms with Crippen molar-refractivity contribution in [3.8, 4) is 0 Å². The first kappa shape index (κ1) is 16.2. The Balaban J connectivity index is 2.74.